The molecule has 2 N–H and O–H groups in total. The van der Waals surface area contributed by atoms with E-state index in [-0.39, 0.29) is 6.10 Å². The molecule has 0 radical (unpaired) electrons. The molecule has 1 fully saturated rings. The molecule has 0 amide bonds. The van der Waals surface area contributed by atoms with Crippen LogP contribution in [-0.4, -0.2) is 60.5 Å². The molecule has 0 saturated carbocycles. The van der Waals surface area contributed by atoms with Gasteiger partial charge in [-0.15, -0.1) is 0 Å². The van der Waals surface area contributed by atoms with E-state index in [1.54, 1.807) is 25.6 Å². The Labute approximate surface area is 158 Å². The van der Waals surface area contributed by atoms with Gasteiger partial charge in [0, 0.05) is 43.4 Å². The van der Waals surface area contributed by atoms with Gasteiger partial charge >= 0.3 is 0 Å². The summed E-state index contributed by atoms with van der Waals surface area (Å²) in [6, 6.07) is 5.48. The van der Waals surface area contributed by atoms with Gasteiger partial charge in [-0.2, -0.15) is 0 Å². The first-order valence-corrected chi connectivity index (χ1v) is 9.17. The topological polar surface area (TPSA) is 76.6 Å². The Bertz CT molecular complexity index is 802. The zero-order valence-corrected chi connectivity index (χ0v) is 15.7. The maximum absolute atomic E-state index is 5.97. The molecule has 138 valence electrons. The second-order valence-corrected chi connectivity index (χ2v) is 6.77. The van der Waals surface area contributed by atoms with E-state index in [1.807, 2.05) is 12.1 Å². The fourth-order valence-electron chi connectivity index (χ4n) is 3.08. The molecule has 1 aliphatic heterocycles. The van der Waals surface area contributed by atoms with Crippen LogP contribution in [0.3, 0.4) is 0 Å². The van der Waals surface area contributed by atoms with E-state index >= 15 is 0 Å². The Morgan fingerprint density at radius 2 is 2.19 bits per heavy atom. The lowest BCUT2D eigenvalue weighted by Crippen LogP contribution is -2.33. The number of hydrogen-bond donors (Lipinski definition) is 1. The number of halogens is 1. The van der Waals surface area contributed by atoms with Crippen LogP contribution in [-0.2, 0) is 4.74 Å². The maximum Gasteiger partial charge on any atom is 0.129 e. The predicted octanol–water partition coefficient (Wildman–Crippen LogP) is 2.76. The van der Waals surface area contributed by atoms with Gasteiger partial charge in [-0.1, -0.05) is 11.6 Å². The number of aliphatic imine (C=N–C) groups is 1. The molecule has 0 aromatic carbocycles. The van der Waals surface area contributed by atoms with Crippen molar-refractivity contribution in [1.82, 2.24) is 14.9 Å². The summed E-state index contributed by atoms with van der Waals surface area (Å²) in [4.78, 5) is 15.7. The largest absolute Gasteiger partial charge is 0.404 e. The minimum Gasteiger partial charge on any atom is -0.404 e. The van der Waals surface area contributed by atoms with Gasteiger partial charge in [0.15, 0.2) is 0 Å². The number of fused-ring (bicyclic) bond motifs is 1. The van der Waals surface area contributed by atoms with E-state index in [0.29, 0.717) is 11.7 Å². The smallest absolute Gasteiger partial charge is 0.129 e. The Hall–Kier alpha value is -2.02. The van der Waals surface area contributed by atoms with Crippen LogP contribution in [0, 0.1) is 0 Å². The molecule has 3 heterocycles. The van der Waals surface area contributed by atoms with Gasteiger partial charge < -0.3 is 15.4 Å². The Balaban J connectivity index is 1.67. The lowest BCUT2D eigenvalue weighted by atomic mass is 10.1. The van der Waals surface area contributed by atoms with Crippen molar-refractivity contribution in [3.8, 4) is 0 Å². The van der Waals surface area contributed by atoms with Crippen LogP contribution in [0.5, 0.6) is 0 Å². The number of rotatable bonds is 7. The Kier molecular flexibility index (Phi) is 6.55. The van der Waals surface area contributed by atoms with E-state index < -0.39 is 0 Å². The van der Waals surface area contributed by atoms with Crippen LogP contribution in [0.1, 0.15) is 18.4 Å². The minimum absolute atomic E-state index is 0.0820. The third-order valence-corrected chi connectivity index (χ3v) is 4.76. The number of pyridine rings is 2. The van der Waals surface area contributed by atoms with Crippen LogP contribution in [0.15, 0.2) is 35.6 Å². The van der Waals surface area contributed by atoms with Crippen molar-refractivity contribution in [3.63, 3.8) is 0 Å². The Morgan fingerprint density at radius 3 is 2.92 bits per heavy atom. The molecule has 3 rings (SSSR count). The number of methoxy groups -OCH3 is 1. The SMILES string of the molecule is COC(CN=CC(=CN)c1cnc2ccc(Cl)nc2c1)CN1CCCC1. The van der Waals surface area contributed by atoms with Crippen LogP contribution >= 0.6 is 11.6 Å². The van der Waals surface area contributed by atoms with E-state index in [1.165, 1.54) is 19.0 Å². The maximum atomic E-state index is 5.97. The molecule has 2 aromatic rings. The molecule has 26 heavy (non-hydrogen) atoms. The molecule has 0 bridgehead atoms. The number of nitrogens with two attached hydrogens (primary N) is 1. The van der Waals surface area contributed by atoms with Crippen LogP contribution < -0.4 is 5.73 Å². The molecule has 1 unspecified atom stereocenters. The zero-order valence-electron chi connectivity index (χ0n) is 14.9. The molecule has 7 heteroatoms. The second-order valence-electron chi connectivity index (χ2n) is 6.38. The predicted molar refractivity (Wildman–Crippen MR) is 107 cm³/mol. The quantitative estimate of drug-likeness (QED) is 0.596. The molecule has 1 atom stereocenters. The van der Waals surface area contributed by atoms with Gasteiger partial charge in [0.1, 0.15) is 5.15 Å². The van der Waals surface area contributed by atoms with Crippen LogP contribution in [0.4, 0.5) is 0 Å². The fraction of sp³-hybridized carbons (Fsp3) is 0.421. The summed E-state index contributed by atoms with van der Waals surface area (Å²) in [6.07, 6.45) is 7.68. The number of aromatic nitrogens is 2. The van der Waals surface area contributed by atoms with Crippen molar-refractivity contribution in [3.05, 3.63) is 41.3 Å². The number of likely N-dealkylation sites (tertiary alicyclic amines) is 1. The minimum atomic E-state index is 0.0820. The summed E-state index contributed by atoms with van der Waals surface area (Å²) in [5, 5.41) is 0.438. The zero-order chi connectivity index (χ0) is 18.4. The van der Waals surface area contributed by atoms with Gasteiger partial charge in [0.25, 0.3) is 0 Å². The van der Waals surface area contributed by atoms with E-state index in [9.17, 15) is 0 Å². The lowest BCUT2D eigenvalue weighted by molar-refractivity contribution is 0.0781. The van der Waals surface area contributed by atoms with E-state index in [4.69, 9.17) is 22.1 Å². The first-order valence-electron chi connectivity index (χ1n) is 8.79. The standard InChI is InChI=1S/C19H24ClN5O/c1-26-16(13-25-6-2-3-7-25)12-22-10-15(9-21)14-8-18-17(23-11-14)4-5-19(20)24-18/h4-5,8-11,16H,2-3,6-7,12-13,21H2,1H3. The van der Waals surface area contributed by atoms with Gasteiger partial charge in [0.05, 0.1) is 23.7 Å². The summed E-state index contributed by atoms with van der Waals surface area (Å²) in [6.45, 7) is 3.80. The second kappa shape index (κ2) is 9.07. The molecule has 6 nitrogen and oxygen atoms in total. The molecule has 1 saturated heterocycles. The number of hydrogen-bond acceptors (Lipinski definition) is 6. The average molecular weight is 374 g/mol. The summed E-state index contributed by atoms with van der Waals surface area (Å²) in [5.41, 5.74) is 8.95. The van der Waals surface area contributed by atoms with Crippen molar-refractivity contribution >= 4 is 34.4 Å². The number of allylic oxidation sites excluding steroid dienone is 1. The van der Waals surface area contributed by atoms with Crippen LogP contribution in [0.2, 0.25) is 5.15 Å². The molecule has 0 spiro atoms. The van der Waals surface area contributed by atoms with Crippen molar-refractivity contribution in [2.45, 2.75) is 18.9 Å². The molecule has 1 aliphatic rings. The van der Waals surface area contributed by atoms with Gasteiger partial charge in [-0.25, -0.2) is 4.98 Å². The van der Waals surface area contributed by atoms with Gasteiger partial charge in [-0.05, 0) is 44.1 Å². The fourth-order valence-corrected chi connectivity index (χ4v) is 3.24. The van der Waals surface area contributed by atoms with E-state index in [0.717, 1.165) is 41.8 Å². The first kappa shape index (κ1) is 18.8. The lowest BCUT2D eigenvalue weighted by Gasteiger charge is -2.20. The third kappa shape index (κ3) is 4.78. The summed E-state index contributed by atoms with van der Waals surface area (Å²) < 4.78 is 5.56. The highest BCUT2D eigenvalue weighted by molar-refractivity contribution is 6.29. The summed E-state index contributed by atoms with van der Waals surface area (Å²) >= 11 is 5.97. The third-order valence-electron chi connectivity index (χ3n) is 4.55. The highest BCUT2D eigenvalue weighted by Gasteiger charge is 2.16. The van der Waals surface area contributed by atoms with Gasteiger partial charge in [-0.3, -0.25) is 9.98 Å². The van der Waals surface area contributed by atoms with Crippen molar-refractivity contribution in [2.24, 2.45) is 10.7 Å². The monoisotopic (exact) mass is 373 g/mol. The number of nitrogens with zero attached hydrogens (tertiary/aromatic N) is 4. The van der Waals surface area contributed by atoms with Gasteiger partial charge in [0.2, 0.25) is 0 Å². The van der Waals surface area contributed by atoms with E-state index in [2.05, 4.69) is 19.9 Å². The van der Waals surface area contributed by atoms with Crippen LogP contribution in [0.25, 0.3) is 16.6 Å². The molecule has 2 aromatic heterocycles. The van der Waals surface area contributed by atoms with Crippen molar-refractivity contribution in [1.29, 1.82) is 0 Å². The van der Waals surface area contributed by atoms with Crippen molar-refractivity contribution < 1.29 is 4.74 Å². The molecular formula is C19H24ClN5O. The highest BCUT2D eigenvalue weighted by Crippen LogP contribution is 2.18. The Morgan fingerprint density at radius 1 is 1.38 bits per heavy atom. The molecule has 0 aliphatic carbocycles. The normalized spacial score (nSPS) is 17.4. The average Bonchev–Trinajstić information content (AvgIpc) is 3.16. The highest BCUT2D eigenvalue weighted by atomic mass is 35.5. The summed E-state index contributed by atoms with van der Waals surface area (Å²) in [7, 11) is 1.73. The first-order chi connectivity index (χ1) is 12.7. The molecular weight excluding hydrogens is 350 g/mol. The van der Waals surface area contributed by atoms with Crippen molar-refractivity contribution in [2.75, 3.05) is 33.3 Å². The summed E-state index contributed by atoms with van der Waals surface area (Å²) in [5.74, 6) is 0. The number of ether oxygens (including phenoxy) is 1.